The van der Waals surface area contributed by atoms with Crippen molar-refractivity contribution in [3.05, 3.63) is 52.8 Å². The fraction of sp³-hybridized carbons (Fsp3) is 0.278. The van der Waals surface area contributed by atoms with Crippen LogP contribution in [0.2, 0.25) is 5.02 Å². The second-order valence-electron chi connectivity index (χ2n) is 6.38. The van der Waals surface area contributed by atoms with Gasteiger partial charge in [-0.2, -0.15) is 0 Å². The average molecular weight is 351 g/mol. The van der Waals surface area contributed by atoms with Gasteiger partial charge in [0.2, 0.25) is 0 Å². The minimum Gasteiger partial charge on any atom is -0.444 e. The molecule has 0 aliphatic heterocycles. The van der Waals surface area contributed by atoms with Crippen molar-refractivity contribution in [2.75, 3.05) is 5.73 Å². The third kappa shape index (κ3) is 4.61. The maximum absolute atomic E-state index is 14.1. The minimum absolute atomic E-state index is 0.0440. The summed E-state index contributed by atoms with van der Waals surface area (Å²) in [6, 6.07) is 9.92. The summed E-state index contributed by atoms with van der Waals surface area (Å²) in [4.78, 5) is 11.7. The summed E-state index contributed by atoms with van der Waals surface area (Å²) >= 11 is 5.81. The molecule has 3 N–H and O–H groups in total. The molecule has 128 valence electrons. The van der Waals surface area contributed by atoms with Gasteiger partial charge in [0.15, 0.2) is 0 Å². The van der Waals surface area contributed by atoms with E-state index in [1.165, 1.54) is 6.07 Å². The molecule has 0 fully saturated rings. The molecule has 0 aliphatic carbocycles. The zero-order valence-electron chi connectivity index (χ0n) is 13.8. The molecule has 0 radical (unpaired) electrons. The van der Waals surface area contributed by atoms with Crippen molar-refractivity contribution in [2.45, 2.75) is 32.9 Å². The normalized spacial score (nSPS) is 11.2. The quantitative estimate of drug-likeness (QED) is 0.785. The number of nitrogens with two attached hydrogens (primary N) is 1. The first-order valence-corrected chi connectivity index (χ1v) is 7.85. The Labute approximate surface area is 145 Å². The van der Waals surface area contributed by atoms with Gasteiger partial charge in [0.05, 0.1) is 5.02 Å². The van der Waals surface area contributed by atoms with E-state index < -0.39 is 17.5 Å². The average Bonchev–Trinajstić information content (AvgIpc) is 2.47. The number of nitrogen functional groups attached to an aromatic ring is 1. The first-order chi connectivity index (χ1) is 11.2. The Bertz CT molecular complexity index is 757. The van der Waals surface area contributed by atoms with Gasteiger partial charge in [-0.25, -0.2) is 9.18 Å². The van der Waals surface area contributed by atoms with Crippen molar-refractivity contribution < 1.29 is 13.9 Å². The van der Waals surface area contributed by atoms with Gasteiger partial charge in [0.25, 0.3) is 0 Å². The summed E-state index contributed by atoms with van der Waals surface area (Å²) in [6.07, 6.45) is -0.508. The first kappa shape index (κ1) is 18.1. The summed E-state index contributed by atoms with van der Waals surface area (Å²) in [6.45, 7) is 5.63. The van der Waals surface area contributed by atoms with E-state index in [0.29, 0.717) is 16.8 Å². The number of carbonyl (C=O) groups excluding carboxylic acids is 1. The monoisotopic (exact) mass is 350 g/mol. The van der Waals surface area contributed by atoms with E-state index in [1.54, 1.807) is 51.1 Å². The Kier molecular flexibility index (Phi) is 5.34. The number of benzene rings is 2. The van der Waals surface area contributed by atoms with E-state index in [2.05, 4.69) is 5.32 Å². The van der Waals surface area contributed by atoms with Crippen LogP contribution in [0.15, 0.2) is 36.4 Å². The molecule has 6 heteroatoms. The van der Waals surface area contributed by atoms with Gasteiger partial charge < -0.3 is 15.8 Å². The van der Waals surface area contributed by atoms with Crippen LogP contribution in [0.4, 0.5) is 14.9 Å². The molecule has 2 aromatic carbocycles. The fourth-order valence-corrected chi connectivity index (χ4v) is 2.34. The van der Waals surface area contributed by atoms with Crippen LogP contribution in [0.3, 0.4) is 0 Å². The SMILES string of the molecule is CC(C)(C)OC(=O)NCc1ccc(-c2cccc(Cl)c2F)c(N)c1. The molecular formula is C18H20ClFN2O2. The van der Waals surface area contributed by atoms with Crippen molar-refractivity contribution >= 4 is 23.4 Å². The number of hydrogen-bond acceptors (Lipinski definition) is 3. The van der Waals surface area contributed by atoms with E-state index in [-0.39, 0.29) is 11.6 Å². The second kappa shape index (κ2) is 7.09. The van der Waals surface area contributed by atoms with Crippen molar-refractivity contribution in [1.29, 1.82) is 0 Å². The zero-order valence-corrected chi connectivity index (χ0v) is 14.6. The molecule has 0 saturated carbocycles. The first-order valence-electron chi connectivity index (χ1n) is 7.47. The summed E-state index contributed by atoms with van der Waals surface area (Å²) in [5, 5.41) is 2.69. The molecule has 24 heavy (non-hydrogen) atoms. The number of amides is 1. The topological polar surface area (TPSA) is 64.3 Å². The van der Waals surface area contributed by atoms with E-state index in [4.69, 9.17) is 22.1 Å². The smallest absolute Gasteiger partial charge is 0.407 e. The number of alkyl carbamates (subject to hydrolysis) is 1. The van der Waals surface area contributed by atoms with Crippen LogP contribution in [0.5, 0.6) is 0 Å². The molecular weight excluding hydrogens is 331 g/mol. The highest BCUT2D eigenvalue weighted by atomic mass is 35.5. The van der Waals surface area contributed by atoms with E-state index >= 15 is 0 Å². The van der Waals surface area contributed by atoms with Crippen molar-refractivity contribution in [3.8, 4) is 11.1 Å². The molecule has 4 nitrogen and oxygen atoms in total. The van der Waals surface area contributed by atoms with Crippen molar-refractivity contribution in [1.82, 2.24) is 5.32 Å². The number of halogens is 2. The lowest BCUT2D eigenvalue weighted by atomic mass is 10.0. The number of anilines is 1. The summed E-state index contributed by atoms with van der Waals surface area (Å²) in [5.74, 6) is -0.509. The van der Waals surface area contributed by atoms with Crippen LogP contribution in [-0.4, -0.2) is 11.7 Å². The summed E-state index contributed by atoms with van der Waals surface area (Å²) in [7, 11) is 0. The van der Waals surface area contributed by atoms with Crippen LogP contribution < -0.4 is 11.1 Å². The summed E-state index contributed by atoms with van der Waals surface area (Å²) < 4.78 is 19.3. The van der Waals surface area contributed by atoms with Crippen LogP contribution in [-0.2, 0) is 11.3 Å². The Morgan fingerprint density at radius 3 is 2.58 bits per heavy atom. The minimum atomic E-state index is -0.558. The van der Waals surface area contributed by atoms with Gasteiger partial charge >= 0.3 is 6.09 Å². The van der Waals surface area contributed by atoms with Crippen molar-refractivity contribution in [3.63, 3.8) is 0 Å². The van der Waals surface area contributed by atoms with Gasteiger partial charge in [-0.15, -0.1) is 0 Å². The lowest BCUT2D eigenvalue weighted by Gasteiger charge is -2.19. The van der Waals surface area contributed by atoms with E-state index in [1.807, 2.05) is 0 Å². The number of rotatable bonds is 3. The molecule has 0 unspecified atom stereocenters. The van der Waals surface area contributed by atoms with E-state index in [0.717, 1.165) is 5.56 Å². The lowest BCUT2D eigenvalue weighted by Crippen LogP contribution is -2.32. The molecule has 0 spiro atoms. The molecule has 0 heterocycles. The standard InChI is InChI=1S/C18H20ClFN2O2/c1-18(2,3)24-17(23)22-10-11-7-8-12(15(21)9-11)13-5-4-6-14(19)16(13)20/h4-9H,10,21H2,1-3H3,(H,22,23). The molecule has 0 aromatic heterocycles. The summed E-state index contributed by atoms with van der Waals surface area (Å²) in [5.41, 5.74) is 7.54. The van der Waals surface area contributed by atoms with Crippen LogP contribution in [0.1, 0.15) is 26.3 Å². The third-order valence-electron chi connectivity index (χ3n) is 3.19. The van der Waals surface area contributed by atoms with E-state index in [9.17, 15) is 9.18 Å². The van der Waals surface area contributed by atoms with Gasteiger partial charge in [-0.05, 0) is 38.5 Å². The highest BCUT2D eigenvalue weighted by Crippen LogP contribution is 2.32. The molecule has 0 aliphatic rings. The molecule has 1 amide bonds. The predicted molar refractivity (Wildman–Crippen MR) is 94.3 cm³/mol. The maximum Gasteiger partial charge on any atom is 0.407 e. The number of nitrogens with one attached hydrogen (secondary N) is 1. The van der Waals surface area contributed by atoms with Crippen LogP contribution >= 0.6 is 11.6 Å². The Hall–Kier alpha value is -2.27. The highest BCUT2D eigenvalue weighted by Gasteiger charge is 2.16. The van der Waals surface area contributed by atoms with Gasteiger partial charge in [0.1, 0.15) is 11.4 Å². The largest absolute Gasteiger partial charge is 0.444 e. The second-order valence-corrected chi connectivity index (χ2v) is 6.79. The predicted octanol–water partition coefficient (Wildman–Crippen LogP) is 4.75. The number of ether oxygens (including phenoxy) is 1. The molecule has 0 saturated heterocycles. The van der Waals surface area contributed by atoms with Crippen LogP contribution in [0, 0.1) is 5.82 Å². The zero-order chi connectivity index (χ0) is 17.9. The molecule has 0 bridgehead atoms. The number of carbonyl (C=O) groups is 1. The Morgan fingerprint density at radius 1 is 1.25 bits per heavy atom. The molecule has 2 rings (SSSR count). The van der Waals surface area contributed by atoms with Gasteiger partial charge in [-0.3, -0.25) is 0 Å². The Balaban J connectivity index is 2.13. The maximum atomic E-state index is 14.1. The fourth-order valence-electron chi connectivity index (χ4n) is 2.17. The third-order valence-corrected chi connectivity index (χ3v) is 3.49. The van der Waals surface area contributed by atoms with Crippen LogP contribution in [0.25, 0.3) is 11.1 Å². The number of hydrogen-bond donors (Lipinski definition) is 2. The Morgan fingerprint density at radius 2 is 1.96 bits per heavy atom. The lowest BCUT2D eigenvalue weighted by molar-refractivity contribution is 0.0523. The van der Waals surface area contributed by atoms with Crippen molar-refractivity contribution in [2.24, 2.45) is 0 Å². The molecule has 0 atom stereocenters. The van der Waals surface area contributed by atoms with Gasteiger partial charge in [0, 0.05) is 23.4 Å². The highest BCUT2D eigenvalue weighted by molar-refractivity contribution is 6.31. The molecule has 2 aromatic rings. The van der Waals surface area contributed by atoms with Gasteiger partial charge in [-0.1, -0.05) is 35.9 Å².